The van der Waals surface area contributed by atoms with E-state index in [0.29, 0.717) is 10.8 Å². The minimum Gasteiger partial charge on any atom is -0.487 e. The Kier molecular flexibility index (Phi) is 6.22. The lowest BCUT2D eigenvalue weighted by Gasteiger charge is -2.18. The molecule has 0 saturated carbocycles. The fourth-order valence-corrected chi connectivity index (χ4v) is 2.65. The Morgan fingerprint density at radius 3 is 2.72 bits per heavy atom. The lowest BCUT2D eigenvalue weighted by atomic mass is 10.1. The molecule has 0 unspecified atom stereocenters. The second-order valence-corrected chi connectivity index (χ2v) is 5.78. The molecule has 0 aliphatic rings. The van der Waals surface area contributed by atoms with Gasteiger partial charge in [0.25, 0.3) is 0 Å². The van der Waals surface area contributed by atoms with Gasteiger partial charge in [-0.15, -0.1) is 0 Å². The van der Waals surface area contributed by atoms with Crippen molar-refractivity contribution >= 4 is 23.4 Å². The number of carbonyl (C=O) groups excluding carboxylic acids is 1. The topological polar surface area (TPSA) is 59.0 Å². The number of hydrogen-bond donors (Lipinski definition) is 1. The normalized spacial score (nSPS) is 10.5. The van der Waals surface area contributed by atoms with Crippen LogP contribution in [-0.2, 0) is 17.8 Å². The highest BCUT2D eigenvalue weighted by Gasteiger charge is 2.20. The minimum atomic E-state index is -1.03. The smallest absolute Gasteiger partial charge is 0.438 e. The number of carbonyl (C=O) groups is 1. The van der Waals surface area contributed by atoms with Crippen LogP contribution in [0.15, 0.2) is 30.3 Å². The third-order valence-corrected chi connectivity index (χ3v) is 4.11. The summed E-state index contributed by atoms with van der Waals surface area (Å²) in [5, 5.41) is 10.5. The molecule has 0 spiro atoms. The van der Waals surface area contributed by atoms with Crippen LogP contribution in [0.5, 0.6) is 5.75 Å². The van der Waals surface area contributed by atoms with E-state index in [1.54, 1.807) is 12.1 Å². The van der Waals surface area contributed by atoms with Gasteiger partial charge in [-0.25, -0.2) is 9.18 Å². The molecule has 0 bridgehead atoms. The monoisotopic (exact) mass is 367 g/mol. The van der Waals surface area contributed by atoms with Gasteiger partial charge in [0.15, 0.2) is 0 Å². The van der Waals surface area contributed by atoms with Gasteiger partial charge < -0.3 is 9.47 Å². The van der Waals surface area contributed by atoms with Crippen LogP contribution < -0.4 is 9.80 Å². The molecule has 1 N–H and O–H groups in total. The zero-order valence-corrected chi connectivity index (χ0v) is 14.9. The molecule has 2 rings (SSSR count). The van der Waals surface area contributed by atoms with Crippen molar-refractivity contribution in [2.24, 2.45) is 0 Å². The molecule has 0 aliphatic carbocycles. The molecule has 0 atom stereocenters. The third-order valence-electron chi connectivity index (χ3n) is 3.81. The average molecular weight is 368 g/mol. The van der Waals surface area contributed by atoms with Gasteiger partial charge in [-0.05, 0) is 48.7 Å². The molecule has 25 heavy (non-hydrogen) atoms. The Labute approximate surface area is 150 Å². The molecule has 0 heterocycles. The molecule has 7 heteroatoms. The van der Waals surface area contributed by atoms with Gasteiger partial charge >= 0.3 is 6.09 Å². The number of hydrogen-bond acceptors (Lipinski definition) is 4. The summed E-state index contributed by atoms with van der Waals surface area (Å²) < 4.78 is 24.2. The first-order valence-corrected chi connectivity index (χ1v) is 8.03. The SMILES string of the molecule is CCc1cc(Cl)c(OCc2c(F)cccc2N(O)C(=O)OC)cc1C. The van der Waals surface area contributed by atoms with Crippen molar-refractivity contribution < 1.29 is 23.9 Å². The van der Waals surface area contributed by atoms with Crippen LogP contribution in [0.3, 0.4) is 0 Å². The van der Waals surface area contributed by atoms with Gasteiger partial charge in [0.05, 0.1) is 23.4 Å². The van der Waals surface area contributed by atoms with Crippen LogP contribution in [-0.4, -0.2) is 18.4 Å². The van der Waals surface area contributed by atoms with Crippen molar-refractivity contribution in [2.45, 2.75) is 26.9 Å². The molecule has 5 nitrogen and oxygen atoms in total. The summed E-state index contributed by atoms with van der Waals surface area (Å²) in [4.78, 5) is 11.5. The molecule has 2 aromatic carbocycles. The largest absolute Gasteiger partial charge is 0.487 e. The molecule has 0 aliphatic heterocycles. The molecule has 134 valence electrons. The maximum Gasteiger partial charge on any atom is 0.438 e. The fraction of sp³-hybridized carbons (Fsp3) is 0.278. The van der Waals surface area contributed by atoms with Gasteiger partial charge in [0.2, 0.25) is 0 Å². The maximum absolute atomic E-state index is 14.2. The Hall–Kier alpha value is -2.31. The van der Waals surface area contributed by atoms with Crippen molar-refractivity contribution in [1.29, 1.82) is 0 Å². The summed E-state index contributed by atoms with van der Waals surface area (Å²) in [5.74, 6) is -0.230. The minimum absolute atomic E-state index is 0.00341. The van der Waals surface area contributed by atoms with Crippen molar-refractivity contribution in [3.8, 4) is 5.75 Å². The van der Waals surface area contributed by atoms with Gasteiger partial charge in [0.1, 0.15) is 18.2 Å². The number of nitrogens with zero attached hydrogens (tertiary/aromatic N) is 1. The van der Waals surface area contributed by atoms with Crippen LogP contribution in [0.1, 0.15) is 23.6 Å². The maximum atomic E-state index is 14.2. The Bertz CT molecular complexity index is 782. The van der Waals surface area contributed by atoms with Crippen molar-refractivity contribution in [1.82, 2.24) is 0 Å². The quantitative estimate of drug-likeness (QED) is 0.603. The van der Waals surface area contributed by atoms with Gasteiger partial charge in [-0.2, -0.15) is 5.06 Å². The average Bonchev–Trinajstić information content (AvgIpc) is 2.61. The van der Waals surface area contributed by atoms with Crippen molar-refractivity contribution in [3.63, 3.8) is 0 Å². The van der Waals surface area contributed by atoms with E-state index >= 15 is 0 Å². The summed E-state index contributed by atoms with van der Waals surface area (Å²) in [6.45, 7) is 3.73. The zero-order valence-electron chi connectivity index (χ0n) is 14.2. The predicted octanol–water partition coefficient (Wildman–Crippen LogP) is 4.89. The number of anilines is 1. The third kappa shape index (κ3) is 4.21. The van der Waals surface area contributed by atoms with E-state index in [2.05, 4.69) is 4.74 Å². The molecule has 0 aromatic heterocycles. The highest BCUT2D eigenvalue weighted by Crippen LogP contribution is 2.31. The number of halogens is 2. The lowest BCUT2D eigenvalue weighted by molar-refractivity contribution is 0.140. The Morgan fingerprint density at radius 1 is 1.36 bits per heavy atom. The highest BCUT2D eigenvalue weighted by atomic mass is 35.5. The molecule has 0 saturated heterocycles. The van der Waals surface area contributed by atoms with Gasteiger partial charge in [-0.3, -0.25) is 5.21 Å². The second-order valence-electron chi connectivity index (χ2n) is 5.37. The van der Waals surface area contributed by atoms with Crippen molar-refractivity contribution in [3.05, 3.63) is 57.9 Å². The molecule has 0 radical (unpaired) electrons. The Morgan fingerprint density at radius 2 is 2.08 bits per heavy atom. The number of benzene rings is 2. The predicted molar refractivity (Wildman–Crippen MR) is 93.0 cm³/mol. The van der Waals surface area contributed by atoms with E-state index in [0.717, 1.165) is 24.7 Å². The number of ether oxygens (including phenoxy) is 2. The summed E-state index contributed by atoms with van der Waals surface area (Å²) in [6.07, 6.45) is -0.199. The van der Waals surface area contributed by atoms with Crippen molar-refractivity contribution in [2.75, 3.05) is 12.2 Å². The van der Waals surface area contributed by atoms with Crippen LogP contribution in [0, 0.1) is 12.7 Å². The van der Waals surface area contributed by atoms with Crippen LogP contribution in [0.25, 0.3) is 0 Å². The molecular formula is C18H19ClFNO4. The first kappa shape index (κ1) is 19.0. The number of amides is 1. The number of aryl methyl sites for hydroxylation is 2. The van der Waals surface area contributed by atoms with E-state index in [1.165, 1.54) is 18.2 Å². The van der Waals surface area contributed by atoms with Crippen LogP contribution >= 0.6 is 11.6 Å². The standard InChI is InChI=1S/C18H19ClFNO4/c1-4-12-9-14(19)17(8-11(12)2)25-10-13-15(20)6-5-7-16(13)21(23)18(22)24-3/h5-9,23H,4,10H2,1-3H3. The Balaban J connectivity index is 2.30. The summed E-state index contributed by atoms with van der Waals surface area (Å²) >= 11 is 6.21. The van der Waals surface area contributed by atoms with Crippen LogP contribution in [0.2, 0.25) is 5.02 Å². The summed E-state index contributed by atoms with van der Waals surface area (Å²) in [6, 6.07) is 7.54. The van der Waals surface area contributed by atoms with E-state index < -0.39 is 11.9 Å². The van der Waals surface area contributed by atoms with Gasteiger partial charge in [0, 0.05) is 0 Å². The van der Waals surface area contributed by atoms with E-state index in [9.17, 15) is 14.4 Å². The first-order valence-electron chi connectivity index (χ1n) is 7.65. The van der Waals surface area contributed by atoms with E-state index in [-0.39, 0.29) is 22.9 Å². The van der Waals surface area contributed by atoms with Crippen LogP contribution in [0.4, 0.5) is 14.9 Å². The second kappa shape index (κ2) is 8.18. The lowest BCUT2D eigenvalue weighted by Crippen LogP contribution is -2.28. The summed E-state index contributed by atoms with van der Waals surface area (Å²) in [5.41, 5.74) is 2.04. The van der Waals surface area contributed by atoms with E-state index in [1.807, 2.05) is 13.8 Å². The number of methoxy groups -OCH3 is 1. The number of hydroxylamine groups is 1. The highest BCUT2D eigenvalue weighted by molar-refractivity contribution is 6.32. The fourth-order valence-electron chi connectivity index (χ4n) is 2.41. The van der Waals surface area contributed by atoms with E-state index in [4.69, 9.17) is 16.3 Å². The first-order chi connectivity index (χ1) is 11.9. The zero-order chi connectivity index (χ0) is 18.6. The molecule has 0 fully saturated rings. The number of rotatable bonds is 5. The molecule has 2 aromatic rings. The van der Waals surface area contributed by atoms with Gasteiger partial charge in [-0.1, -0.05) is 24.6 Å². The molecule has 1 amide bonds. The summed E-state index contributed by atoms with van der Waals surface area (Å²) in [7, 11) is 1.11. The molecular weight excluding hydrogens is 349 g/mol.